The summed E-state index contributed by atoms with van der Waals surface area (Å²) in [6, 6.07) is 20.7. The van der Waals surface area contributed by atoms with Crippen LogP contribution in [0.4, 0.5) is 0 Å². The Morgan fingerprint density at radius 3 is 2.04 bits per heavy atom. The normalized spacial score (nSPS) is 11.4. The van der Waals surface area contributed by atoms with Gasteiger partial charge in [-0.25, -0.2) is 10.8 Å². The maximum absolute atomic E-state index is 11.8. The van der Waals surface area contributed by atoms with Gasteiger partial charge in [0.15, 0.2) is 11.7 Å². The lowest BCUT2D eigenvalue weighted by atomic mass is 10.0. The van der Waals surface area contributed by atoms with E-state index in [1.807, 2.05) is 72.2 Å². The molecule has 3 rings (SSSR count). The fourth-order valence-corrected chi connectivity index (χ4v) is 2.37. The van der Waals surface area contributed by atoms with Gasteiger partial charge in [0.25, 0.3) is 5.91 Å². The smallest absolute Gasteiger partial charge is 0.259 e. The fourth-order valence-electron chi connectivity index (χ4n) is 2.37. The molecule has 7 nitrogen and oxygen atoms in total. The zero-order valence-corrected chi connectivity index (χ0v) is 13.1. The van der Waals surface area contributed by atoms with Crippen molar-refractivity contribution in [2.24, 2.45) is 5.84 Å². The molecule has 0 aliphatic heterocycles. The van der Waals surface area contributed by atoms with Crippen LogP contribution < -0.4 is 11.3 Å². The number of hydrogen-bond acceptors (Lipinski definition) is 6. The van der Waals surface area contributed by atoms with Crippen LogP contribution in [0.2, 0.25) is 0 Å². The first-order chi connectivity index (χ1) is 12.2. The number of amides is 1. The van der Waals surface area contributed by atoms with E-state index in [0.717, 1.165) is 11.1 Å². The molecule has 1 aromatic heterocycles. The van der Waals surface area contributed by atoms with Crippen LogP contribution in [0.1, 0.15) is 11.7 Å². The summed E-state index contributed by atoms with van der Waals surface area (Å²) in [6.07, 6.45) is 0. The number of carbonyl (C=O) groups is 1. The van der Waals surface area contributed by atoms with Crippen molar-refractivity contribution in [2.45, 2.75) is 5.92 Å². The number of nitriles is 1. The summed E-state index contributed by atoms with van der Waals surface area (Å²) in [5.41, 5.74) is 4.71. The van der Waals surface area contributed by atoms with Gasteiger partial charge in [0.1, 0.15) is 11.4 Å². The molecule has 0 bridgehead atoms. The van der Waals surface area contributed by atoms with Crippen LogP contribution in [0, 0.1) is 11.3 Å². The Hall–Kier alpha value is -3.63. The van der Waals surface area contributed by atoms with E-state index >= 15 is 0 Å². The lowest BCUT2D eigenvalue weighted by molar-refractivity contribution is -0.121. The average molecular weight is 330 g/mol. The molecule has 0 aliphatic rings. The van der Waals surface area contributed by atoms with E-state index in [9.17, 15) is 10.1 Å². The molecule has 1 heterocycles. The molecule has 1 atom stereocenters. The molecule has 7 heteroatoms. The van der Waals surface area contributed by atoms with Crippen LogP contribution in [0.25, 0.3) is 22.5 Å². The third-order valence-electron chi connectivity index (χ3n) is 3.59. The molecule has 1 amide bonds. The summed E-state index contributed by atoms with van der Waals surface area (Å²) in [5.74, 6) is 3.22. The van der Waals surface area contributed by atoms with Crippen molar-refractivity contribution in [3.8, 4) is 28.6 Å². The topological polar surface area (TPSA) is 118 Å². The van der Waals surface area contributed by atoms with Gasteiger partial charge in [-0.1, -0.05) is 60.7 Å². The van der Waals surface area contributed by atoms with Gasteiger partial charge in [-0.15, -0.1) is 10.2 Å². The number of nitrogens with one attached hydrogen (secondary N) is 1. The van der Waals surface area contributed by atoms with E-state index in [1.54, 1.807) is 0 Å². The van der Waals surface area contributed by atoms with E-state index < -0.39 is 11.8 Å². The maximum Gasteiger partial charge on any atom is 0.259 e. The Kier molecular flexibility index (Phi) is 4.74. The van der Waals surface area contributed by atoms with Crippen LogP contribution in [-0.2, 0) is 4.79 Å². The third kappa shape index (κ3) is 3.34. The second kappa shape index (κ2) is 7.29. The van der Waals surface area contributed by atoms with Crippen LogP contribution in [0.5, 0.6) is 0 Å². The van der Waals surface area contributed by atoms with Gasteiger partial charge >= 0.3 is 0 Å². The van der Waals surface area contributed by atoms with E-state index in [2.05, 4.69) is 15.2 Å². The quantitative estimate of drug-likeness (QED) is 0.428. The highest BCUT2D eigenvalue weighted by molar-refractivity contribution is 5.85. The summed E-state index contributed by atoms with van der Waals surface area (Å²) >= 11 is 0. The predicted molar refractivity (Wildman–Crippen MR) is 91.4 cm³/mol. The minimum absolute atomic E-state index is 0.00369. The fraction of sp³-hybridized carbons (Fsp3) is 0.0556. The van der Waals surface area contributed by atoms with Crippen molar-refractivity contribution >= 4 is 5.91 Å². The van der Waals surface area contributed by atoms with Gasteiger partial charge < -0.3 is 0 Å². The number of nitrogens with two attached hydrogens (primary N) is 1. The van der Waals surface area contributed by atoms with E-state index in [-0.39, 0.29) is 5.82 Å². The Balaban J connectivity index is 2.18. The van der Waals surface area contributed by atoms with Crippen molar-refractivity contribution < 1.29 is 4.79 Å². The Morgan fingerprint density at radius 2 is 1.52 bits per heavy atom. The molecule has 0 spiro atoms. The molecule has 0 saturated heterocycles. The lowest BCUT2D eigenvalue weighted by Crippen LogP contribution is -2.35. The number of hydrogen-bond donors (Lipinski definition) is 2. The summed E-state index contributed by atoms with van der Waals surface area (Å²) in [7, 11) is 0. The van der Waals surface area contributed by atoms with E-state index in [4.69, 9.17) is 5.84 Å². The van der Waals surface area contributed by atoms with Gasteiger partial charge in [0, 0.05) is 11.1 Å². The molecule has 122 valence electrons. The van der Waals surface area contributed by atoms with Gasteiger partial charge in [-0.3, -0.25) is 10.2 Å². The number of rotatable bonds is 4. The van der Waals surface area contributed by atoms with Crippen molar-refractivity contribution in [2.75, 3.05) is 0 Å². The highest BCUT2D eigenvalue weighted by atomic mass is 16.2. The van der Waals surface area contributed by atoms with Crippen molar-refractivity contribution in [3.05, 3.63) is 66.5 Å². The molecule has 3 N–H and O–H groups in total. The third-order valence-corrected chi connectivity index (χ3v) is 3.59. The highest BCUT2D eigenvalue weighted by Gasteiger charge is 2.25. The Morgan fingerprint density at radius 1 is 0.960 bits per heavy atom. The maximum atomic E-state index is 11.8. The zero-order chi connectivity index (χ0) is 17.6. The summed E-state index contributed by atoms with van der Waals surface area (Å²) in [4.78, 5) is 16.2. The van der Waals surface area contributed by atoms with Gasteiger partial charge in [-0.05, 0) is 0 Å². The molecule has 0 saturated carbocycles. The van der Waals surface area contributed by atoms with Gasteiger partial charge in [-0.2, -0.15) is 5.26 Å². The van der Waals surface area contributed by atoms with Crippen molar-refractivity contribution in [1.29, 1.82) is 5.26 Å². The highest BCUT2D eigenvalue weighted by Crippen LogP contribution is 2.29. The average Bonchev–Trinajstić information content (AvgIpc) is 2.69. The summed E-state index contributed by atoms with van der Waals surface area (Å²) in [5, 5.41) is 17.5. The van der Waals surface area contributed by atoms with Crippen molar-refractivity contribution in [3.63, 3.8) is 0 Å². The van der Waals surface area contributed by atoms with Gasteiger partial charge in [0.05, 0.1) is 6.07 Å². The van der Waals surface area contributed by atoms with E-state index in [0.29, 0.717) is 11.4 Å². The molecule has 0 aliphatic carbocycles. The number of benzene rings is 2. The first-order valence-corrected chi connectivity index (χ1v) is 7.50. The molecule has 1 unspecified atom stereocenters. The number of nitrogens with zero attached hydrogens (tertiary/aromatic N) is 4. The molecule has 0 radical (unpaired) electrons. The number of hydrazine groups is 1. The Bertz CT molecular complexity index is 921. The second-order valence-corrected chi connectivity index (χ2v) is 5.17. The molecular weight excluding hydrogens is 316 g/mol. The molecule has 0 fully saturated rings. The molecule has 3 aromatic rings. The van der Waals surface area contributed by atoms with Crippen LogP contribution in [0.15, 0.2) is 60.7 Å². The predicted octanol–water partition coefficient (Wildman–Crippen LogP) is 1.80. The van der Waals surface area contributed by atoms with Crippen molar-refractivity contribution in [1.82, 2.24) is 20.6 Å². The SMILES string of the molecule is N#CC(C(=O)NN)c1nnc(-c2ccccc2)c(-c2ccccc2)n1. The zero-order valence-electron chi connectivity index (χ0n) is 13.1. The van der Waals surface area contributed by atoms with Crippen LogP contribution in [-0.4, -0.2) is 21.1 Å². The number of aromatic nitrogens is 3. The lowest BCUT2D eigenvalue weighted by Gasteiger charge is -2.11. The number of carbonyl (C=O) groups excluding carboxylic acids is 1. The second-order valence-electron chi connectivity index (χ2n) is 5.17. The first-order valence-electron chi connectivity index (χ1n) is 7.50. The molecule has 2 aromatic carbocycles. The van der Waals surface area contributed by atoms with E-state index in [1.165, 1.54) is 0 Å². The largest absolute Gasteiger partial charge is 0.293 e. The van der Waals surface area contributed by atoms with Crippen LogP contribution >= 0.6 is 0 Å². The first kappa shape index (κ1) is 16.2. The van der Waals surface area contributed by atoms with Gasteiger partial charge in [0.2, 0.25) is 0 Å². The molecular formula is C18H14N6O. The summed E-state index contributed by atoms with van der Waals surface area (Å²) < 4.78 is 0. The Labute approximate surface area is 144 Å². The minimum atomic E-state index is -1.23. The standard InChI is InChI=1S/C18H14N6O/c19-11-14(18(25)22-20)17-21-15(12-7-3-1-4-8-12)16(23-24-17)13-9-5-2-6-10-13/h1-10,14H,20H2,(H,22,25). The molecule has 25 heavy (non-hydrogen) atoms. The van der Waals surface area contributed by atoms with Crippen LogP contribution in [0.3, 0.4) is 0 Å². The minimum Gasteiger partial charge on any atom is -0.293 e. The monoisotopic (exact) mass is 330 g/mol. The summed E-state index contributed by atoms with van der Waals surface area (Å²) in [6.45, 7) is 0.